The molecule has 0 saturated carbocycles. The van der Waals surface area contributed by atoms with Gasteiger partial charge in [-0.1, -0.05) is 18.2 Å². The Morgan fingerprint density at radius 1 is 1.16 bits per heavy atom. The number of nitrogens with one attached hydrogen (secondary N) is 2. The van der Waals surface area contributed by atoms with Gasteiger partial charge in [-0.3, -0.25) is 4.79 Å². The number of benzene rings is 1. The molecule has 25 heavy (non-hydrogen) atoms. The molecule has 1 aliphatic rings. The fourth-order valence-corrected chi connectivity index (χ4v) is 2.82. The molecular formula is C15H15F3N4O3. The molecule has 2 aromatic rings. The van der Waals surface area contributed by atoms with E-state index in [1.165, 1.54) is 11.0 Å². The summed E-state index contributed by atoms with van der Waals surface area (Å²) in [5.41, 5.74) is -1.52. The van der Waals surface area contributed by atoms with Crippen LogP contribution < -0.4 is 11.4 Å². The number of alkyl halides is 3. The molecule has 0 bridgehead atoms. The van der Waals surface area contributed by atoms with Crippen molar-refractivity contribution < 1.29 is 18.0 Å². The summed E-state index contributed by atoms with van der Waals surface area (Å²) >= 11 is 0. The van der Waals surface area contributed by atoms with Gasteiger partial charge in [0.2, 0.25) is 5.91 Å². The van der Waals surface area contributed by atoms with E-state index in [1.807, 2.05) is 0 Å². The second kappa shape index (κ2) is 6.26. The molecule has 1 aromatic carbocycles. The highest BCUT2D eigenvalue weighted by molar-refractivity contribution is 5.76. The third-order valence-corrected chi connectivity index (χ3v) is 4.15. The standard InChI is InChI=1S/C15H15F3N4O3/c16-15(17,18)11-3-1-2-9(5-11)4-10-6-21(7-10)12(23)8-22-13(24)19-20-14(22)25/h1-3,5,10H,4,6-8H2,(H,19,24)(H,20,25). The van der Waals surface area contributed by atoms with Gasteiger partial charge in [0.15, 0.2) is 0 Å². The smallest absolute Gasteiger partial charge is 0.340 e. The second-order valence-electron chi connectivity index (χ2n) is 6.01. The van der Waals surface area contributed by atoms with E-state index in [4.69, 9.17) is 0 Å². The summed E-state index contributed by atoms with van der Waals surface area (Å²) in [6.45, 7) is 0.395. The van der Waals surface area contributed by atoms with Crippen LogP contribution in [0.25, 0.3) is 0 Å². The van der Waals surface area contributed by atoms with Crippen molar-refractivity contribution in [3.8, 4) is 0 Å². The van der Waals surface area contributed by atoms with Gasteiger partial charge in [0.1, 0.15) is 6.54 Å². The van der Waals surface area contributed by atoms with Crippen LogP contribution in [-0.2, 0) is 23.9 Å². The topological polar surface area (TPSA) is 91.0 Å². The van der Waals surface area contributed by atoms with Gasteiger partial charge in [-0.15, -0.1) is 0 Å². The van der Waals surface area contributed by atoms with Crippen LogP contribution in [0.4, 0.5) is 13.2 Å². The molecule has 2 heterocycles. The molecule has 0 spiro atoms. The van der Waals surface area contributed by atoms with E-state index in [-0.39, 0.29) is 18.4 Å². The van der Waals surface area contributed by atoms with Crippen LogP contribution in [0.15, 0.2) is 33.9 Å². The number of carbonyl (C=O) groups is 1. The minimum Gasteiger partial charge on any atom is -0.340 e. The molecule has 2 N–H and O–H groups in total. The Morgan fingerprint density at radius 2 is 1.80 bits per heavy atom. The molecule has 0 radical (unpaired) electrons. The van der Waals surface area contributed by atoms with Crippen LogP contribution in [0, 0.1) is 5.92 Å². The third kappa shape index (κ3) is 3.67. The summed E-state index contributed by atoms with van der Waals surface area (Å²) in [5.74, 6) is -0.332. The van der Waals surface area contributed by atoms with Crippen LogP contribution in [-0.4, -0.2) is 38.7 Å². The van der Waals surface area contributed by atoms with Gasteiger partial charge in [0.25, 0.3) is 0 Å². The Bertz CT molecular complexity index is 863. The van der Waals surface area contributed by atoms with Crippen molar-refractivity contribution in [3.63, 3.8) is 0 Å². The summed E-state index contributed by atoms with van der Waals surface area (Å²) in [5, 5.41) is 4.17. The lowest BCUT2D eigenvalue weighted by Gasteiger charge is -2.39. The van der Waals surface area contributed by atoms with Crippen LogP contribution >= 0.6 is 0 Å². The molecule has 3 rings (SSSR count). The molecule has 0 atom stereocenters. The molecule has 1 fully saturated rings. The zero-order chi connectivity index (χ0) is 18.2. The Labute approximate surface area is 139 Å². The lowest BCUT2D eigenvalue weighted by molar-refractivity contribution is -0.138. The van der Waals surface area contributed by atoms with E-state index >= 15 is 0 Å². The molecule has 0 unspecified atom stereocenters. The van der Waals surface area contributed by atoms with E-state index < -0.39 is 23.1 Å². The minimum atomic E-state index is -4.38. The second-order valence-corrected chi connectivity index (χ2v) is 6.01. The molecule has 134 valence electrons. The predicted molar refractivity (Wildman–Crippen MR) is 80.9 cm³/mol. The molecular weight excluding hydrogens is 341 g/mol. The maximum atomic E-state index is 12.7. The van der Waals surface area contributed by atoms with Gasteiger partial charge in [-0.2, -0.15) is 13.2 Å². The Kier molecular flexibility index (Phi) is 4.27. The third-order valence-electron chi connectivity index (χ3n) is 4.15. The van der Waals surface area contributed by atoms with Crippen LogP contribution in [0.2, 0.25) is 0 Å². The maximum Gasteiger partial charge on any atom is 0.416 e. The summed E-state index contributed by atoms with van der Waals surface area (Å²) < 4.78 is 38.9. The van der Waals surface area contributed by atoms with Gasteiger partial charge < -0.3 is 4.90 Å². The summed E-state index contributed by atoms with van der Waals surface area (Å²) in [6.07, 6.45) is -3.95. The number of aromatic nitrogens is 3. The summed E-state index contributed by atoms with van der Waals surface area (Å²) in [4.78, 5) is 36.2. The lowest BCUT2D eigenvalue weighted by atomic mass is 9.91. The molecule has 1 saturated heterocycles. The number of halogens is 3. The number of likely N-dealkylation sites (tertiary alicyclic amines) is 1. The summed E-state index contributed by atoms with van der Waals surface area (Å²) in [6, 6.07) is 5.12. The van der Waals surface area contributed by atoms with Gasteiger partial charge >= 0.3 is 17.6 Å². The number of hydrogen-bond donors (Lipinski definition) is 2. The minimum absolute atomic E-state index is 0.0497. The largest absolute Gasteiger partial charge is 0.416 e. The molecule has 0 aliphatic carbocycles. The average molecular weight is 356 g/mol. The molecule has 1 aliphatic heterocycles. The van der Waals surface area contributed by atoms with Gasteiger partial charge in [-0.25, -0.2) is 24.4 Å². The predicted octanol–water partition coefficient (Wildman–Crippen LogP) is 0.585. The number of amides is 1. The number of aromatic amines is 2. The van der Waals surface area contributed by atoms with Gasteiger partial charge in [-0.05, 0) is 24.0 Å². The van der Waals surface area contributed by atoms with Crippen molar-refractivity contribution in [2.24, 2.45) is 5.92 Å². The number of nitrogens with zero attached hydrogens (tertiary/aromatic N) is 2. The molecule has 7 nitrogen and oxygen atoms in total. The van der Waals surface area contributed by atoms with Crippen LogP contribution in [0.5, 0.6) is 0 Å². The first-order valence-electron chi connectivity index (χ1n) is 7.55. The van der Waals surface area contributed by atoms with Crippen molar-refractivity contribution in [1.82, 2.24) is 19.7 Å². The van der Waals surface area contributed by atoms with Crippen LogP contribution in [0.1, 0.15) is 11.1 Å². The first-order valence-corrected chi connectivity index (χ1v) is 7.55. The van der Waals surface area contributed by atoms with E-state index in [0.29, 0.717) is 25.1 Å². The zero-order valence-electron chi connectivity index (χ0n) is 13.0. The zero-order valence-corrected chi connectivity index (χ0v) is 13.0. The monoisotopic (exact) mass is 356 g/mol. The Morgan fingerprint density at radius 3 is 2.40 bits per heavy atom. The van der Waals surface area contributed by atoms with Crippen molar-refractivity contribution in [3.05, 3.63) is 56.4 Å². The van der Waals surface area contributed by atoms with Crippen molar-refractivity contribution in [2.45, 2.75) is 19.1 Å². The van der Waals surface area contributed by atoms with Crippen molar-refractivity contribution in [2.75, 3.05) is 13.1 Å². The first-order chi connectivity index (χ1) is 11.7. The Hall–Kier alpha value is -2.78. The molecule has 1 aromatic heterocycles. The number of rotatable bonds is 4. The number of hydrogen-bond acceptors (Lipinski definition) is 3. The normalized spacial score (nSPS) is 15.2. The highest BCUT2D eigenvalue weighted by Crippen LogP contribution is 2.30. The quantitative estimate of drug-likeness (QED) is 0.840. The van der Waals surface area contributed by atoms with Gasteiger partial charge in [0, 0.05) is 13.1 Å². The average Bonchev–Trinajstić information content (AvgIpc) is 2.81. The van der Waals surface area contributed by atoms with E-state index in [1.54, 1.807) is 6.07 Å². The van der Waals surface area contributed by atoms with Crippen molar-refractivity contribution >= 4 is 5.91 Å². The number of H-pyrrole nitrogens is 2. The Balaban J connectivity index is 1.55. The van der Waals surface area contributed by atoms with E-state index in [0.717, 1.165) is 16.7 Å². The highest BCUT2D eigenvalue weighted by atomic mass is 19.4. The van der Waals surface area contributed by atoms with Gasteiger partial charge in [0.05, 0.1) is 5.56 Å². The SMILES string of the molecule is O=C(Cn1c(=O)[nH][nH]c1=O)N1CC(Cc2cccc(C(F)(F)F)c2)C1. The fraction of sp³-hybridized carbons (Fsp3) is 0.400. The summed E-state index contributed by atoms with van der Waals surface area (Å²) in [7, 11) is 0. The maximum absolute atomic E-state index is 12.7. The van der Waals surface area contributed by atoms with E-state index in [9.17, 15) is 27.6 Å². The van der Waals surface area contributed by atoms with E-state index in [2.05, 4.69) is 10.2 Å². The first kappa shape index (κ1) is 17.1. The highest BCUT2D eigenvalue weighted by Gasteiger charge is 2.33. The fourth-order valence-electron chi connectivity index (χ4n) is 2.82. The molecule has 1 amide bonds. The molecule has 10 heteroatoms. The van der Waals surface area contributed by atoms with Crippen molar-refractivity contribution in [1.29, 1.82) is 0 Å². The number of carbonyl (C=O) groups excluding carboxylic acids is 1. The van der Waals surface area contributed by atoms with Crippen LogP contribution in [0.3, 0.4) is 0 Å². The lowest BCUT2D eigenvalue weighted by Crippen LogP contribution is -2.52.